The first kappa shape index (κ1) is 14.7. The highest BCUT2D eigenvalue weighted by atomic mass is 127. The van der Waals surface area contributed by atoms with E-state index in [1.807, 2.05) is 23.2 Å². The van der Waals surface area contributed by atoms with Gasteiger partial charge in [0.2, 0.25) is 0 Å². The van der Waals surface area contributed by atoms with Gasteiger partial charge >= 0.3 is 5.97 Å². The van der Waals surface area contributed by atoms with Crippen molar-refractivity contribution >= 4 is 28.6 Å². The van der Waals surface area contributed by atoms with E-state index in [-0.39, 0.29) is 25.0 Å². The Hall–Kier alpha value is -0.400. The number of hydrogen-bond acceptors (Lipinski definition) is 4. The van der Waals surface area contributed by atoms with Crippen LogP contribution in [0.4, 0.5) is 0 Å². The van der Waals surface area contributed by atoms with Gasteiger partial charge in [-0.25, -0.2) is 4.79 Å². The second-order valence-electron chi connectivity index (χ2n) is 3.80. The molecule has 0 fully saturated rings. The SMILES string of the molecule is COCO[C@H](C/C=C/I)CC1=C[C@H](C)OC1=O. The van der Waals surface area contributed by atoms with Gasteiger partial charge in [0.15, 0.2) is 0 Å². The first-order valence-electron chi connectivity index (χ1n) is 5.44. The molecule has 1 rings (SSSR count). The molecule has 4 nitrogen and oxygen atoms in total. The van der Waals surface area contributed by atoms with Crippen molar-refractivity contribution in [3.63, 3.8) is 0 Å². The molecule has 17 heavy (non-hydrogen) atoms. The smallest absolute Gasteiger partial charge is 0.334 e. The monoisotopic (exact) mass is 352 g/mol. The predicted molar refractivity (Wildman–Crippen MR) is 72.8 cm³/mol. The lowest BCUT2D eigenvalue weighted by molar-refractivity contribution is -0.139. The maximum Gasteiger partial charge on any atom is 0.334 e. The molecule has 0 aromatic carbocycles. The van der Waals surface area contributed by atoms with E-state index in [1.54, 1.807) is 7.11 Å². The topological polar surface area (TPSA) is 44.8 Å². The number of hydrogen-bond donors (Lipinski definition) is 0. The zero-order valence-corrected chi connectivity index (χ0v) is 12.2. The molecule has 0 N–H and O–H groups in total. The van der Waals surface area contributed by atoms with Gasteiger partial charge in [0.1, 0.15) is 12.9 Å². The summed E-state index contributed by atoms with van der Waals surface area (Å²) in [5.74, 6) is -0.234. The van der Waals surface area contributed by atoms with Crippen molar-refractivity contribution in [1.82, 2.24) is 0 Å². The van der Waals surface area contributed by atoms with Crippen LogP contribution >= 0.6 is 22.6 Å². The maximum atomic E-state index is 11.5. The van der Waals surface area contributed by atoms with Crippen LogP contribution in [-0.2, 0) is 19.0 Å². The average Bonchev–Trinajstić information content (AvgIpc) is 2.61. The van der Waals surface area contributed by atoms with Crippen LogP contribution in [0.2, 0.25) is 0 Å². The van der Waals surface area contributed by atoms with Gasteiger partial charge in [0.05, 0.1) is 6.10 Å². The zero-order valence-electron chi connectivity index (χ0n) is 10.0. The highest BCUT2D eigenvalue weighted by Gasteiger charge is 2.24. The summed E-state index contributed by atoms with van der Waals surface area (Å²) in [4.78, 5) is 11.5. The minimum Gasteiger partial charge on any atom is -0.455 e. The summed E-state index contributed by atoms with van der Waals surface area (Å²) in [6, 6.07) is 0. The van der Waals surface area contributed by atoms with E-state index in [0.29, 0.717) is 12.0 Å². The molecule has 0 aromatic rings. The van der Waals surface area contributed by atoms with E-state index in [0.717, 1.165) is 6.42 Å². The Balaban J connectivity index is 2.52. The molecule has 0 bridgehead atoms. The number of halogens is 1. The number of rotatable bonds is 7. The van der Waals surface area contributed by atoms with Crippen LogP contribution in [0.3, 0.4) is 0 Å². The largest absolute Gasteiger partial charge is 0.455 e. The third kappa shape index (κ3) is 5.18. The lowest BCUT2D eigenvalue weighted by Crippen LogP contribution is -2.16. The number of carbonyl (C=O) groups is 1. The van der Waals surface area contributed by atoms with Crippen LogP contribution in [0.1, 0.15) is 19.8 Å². The Kier molecular flexibility index (Phi) is 6.76. The van der Waals surface area contributed by atoms with Gasteiger partial charge in [0.25, 0.3) is 0 Å². The Morgan fingerprint density at radius 2 is 2.41 bits per heavy atom. The lowest BCUT2D eigenvalue weighted by Gasteiger charge is -2.15. The van der Waals surface area contributed by atoms with Crippen molar-refractivity contribution in [2.24, 2.45) is 0 Å². The molecule has 0 aromatic heterocycles. The molecule has 1 heterocycles. The highest BCUT2D eigenvalue weighted by molar-refractivity contribution is 14.1. The number of esters is 1. The zero-order chi connectivity index (χ0) is 12.7. The predicted octanol–water partition coefficient (Wildman–Crippen LogP) is 2.58. The Morgan fingerprint density at radius 3 is 2.94 bits per heavy atom. The molecule has 0 aliphatic carbocycles. The maximum absolute atomic E-state index is 11.5. The van der Waals surface area contributed by atoms with Crippen molar-refractivity contribution in [3.05, 3.63) is 21.8 Å². The van der Waals surface area contributed by atoms with E-state index in [2.05, 4.69) is 22.6 Å². The number of carbonyl (C=O) groups excluding carboxylic acids is 1. The number of cyclic esters (lactones) is 1. The molecule has 0 amide bonds. The van der Waals surface area contributed by atoms with Crippen molar-refractivity contribution < 1.29 is 19.0 Å². The van der Waals surface area contributed by atoms with E-state index in [4.69, 9.17) is 14.2 Å². The van der Waals surface area contributed by atoms with Gasteiger partial charge in [-0.05, 0) is 23.5 Å². The standard InChI is InChI=1S/C12H17IO4/c1-9-6-10(12(14)17-9)7-11(4-3-5-13)16-8-15-2/h3,5-6,9,11H,4,7-8H2,1-2H3/b5-3+/t9-,11+/m0/s1. The van der Waals surface area contributed by atoms with Crippen LogP contribution in [0.25, 0.3) is 0 Å². The van der Waals surface area contributed by atoms with E-state index in [1.165, 1.54) is 0 Å². The van der Waals surface area contributed by atoms with Crippen molar-refractivity contribution in [2.75, 3.05) is 13.9 Å². The fourth-order valence-corrected chi connectivity index (χ4v) is 1.90. The van der Waals surface area contributed by atoms with Crippen LogP contribution in [-0.4, -0.2) is 32.1 Å². The third-order valence-corrected chi connectivity index (χ3v) is 2.86. The lowest BCUT2D eigenvalue weighted by atomic mass is 10.1. The molecule has 0 saturated carbocycles. The fourth-order valence-electron chi connectivity index (χ4n) is 1.60. The first-order valence-corrected chi connectivity index (χ1v) is 6.69. The van der Waals surface area contributed by atoms with Crippen LogP contribution < -0.4 is 0 Å². The van der Waals surface area contributed by atoms with E-state index in [9.17, 15) is 4.79 Å². The molecule has 1 aliphatic rings. The van der Waals surface area contributed by atoms with Gasteiger partial charge < -0.3 is 14.2 Å². The Labute approximate surface area is 115 Å². The normalized spacial score (nSPS) is 21.7. The summed E-state index contributed by atoms with van der Waals surface area (Å²) in [6.45, 7) is 2.08. The van der Waals surface area contributed by atoms with Gasteiger partial charge in [-0.3, -0.25) is 0 Å². The molecular weight excluding hydrogens is 335 g/mol. The molecule has 0 saturated heterocycles. The molecule has 5 heteroatoms. The molecule has 96 valence electrons. The van der Waals surface area contributed by atoms with E-state index < -0.39 is 0 Å². The first-order chi connectivity index (χ1) is 8.17. The summed E-state index contributed by atoms with van der Waals surface area (Å²) in [6.07, 6.45) is 4.99. The summed E-state index contributed by atoms with van der Waals surface area (Å²) in [5.41, 5.74) is 0.695. The van der Waals surface area contributed by atoms with Crippen molar-refractivity contribution in [3.8, 4) is 0 Å². The van der Waals surface area contributed by atoms with Crippen molar-refractivity contribution in [2.45, 2.75) is 32.0 Å². The van der Waals surface area contributed by atoms with Crippen LogP contribution in [0.15, 0.2) is 21.8 Å². The number of methoxy groups -OCH3 is 1. The van der Waals surface area contributed by atoms with Gasteiger partial charge in [0, 0.05) is 19.1 Å². The molecule has 0 unspecified atom stereocenters. The minimum absolute atomic E-state index is 0.0509. The second kappa shape index (κ2) is 7.84. The molecule has 2 atom stereocenters. The molecule has 1 aliphatic heterocycles. The summed E-state index contributed by atoms with van der Waals surface area (Å²) < 4.78 is 17.4. The Morgan fingerprint density at radius 1 is 1.65 bits per heavy atom. The van der Waals surface area contributed by atoms with Gasteiger partial charge in [-0.1, -0.05) is 28.7 Å². The fraction of sp³-hybridized carbons (Fsp3) is 0.583. The number of ether oxygens (including phenoxy) is 3. The minimum atomic E-state index is -0.234. The molecule has 0 spiro atoms. The summed E-state index contributed by atoms with van der Waals surface area (Å²) in [7, 11) is 1.58. The second-order valence-corrected chi connectivity index (χ2v) is 4.52. The van der Waals surface area contributed by atoms with E-state index >= 15 is 0 Å². The highest BCUT2D eigenvalue weighted by Crippen LogP contribution is 2.21. The Bertz CT molecular complexity index is 312. The third-order valence-electron chi connectivity index (χ3n) is 2.35. The van der Waals surface area contributed by atoms with Crippen LogP contribution in [0.5, 0.6) is 0 Å². The average molecular weight is 352 g/mol. The molecular formula is C12H17IO4. The molecule has 0 radical (unpaired) electrons. The summed E-state index contributed by atoms with van der Waals surface area (Å²) >= 11 is 2.16. The summed E-state index contributed by atoms with van der Waals surface area (Å²) in [5, 5.41) is 0. The quantitative estimate of drug-likeness (QED) is 0.401. The van der Waals surface area contributed by atoms with Gasteiger partial charge in [-0.15, -0.1) is 0 Å². The van der Waals surface area contributed by atoms with Crippen LogP contribution in [0, 0.1) is 0 Å². The van der Waals surface area contributed by atoms with Gasteiger partial charge in [-0.2, -0.15) is 0 Å². The van der Waals surface area contributed by atoms with Crippen molar-refractivity contribution in [1.29, 1.82) is 0 Å².